The second-order valence-corrected chi connectivity index (χ2v) is 10.8. The highest BCUT2D eigenvalue weighted by molar-refractivity contribution is 5.86. The van der Waals surface area contributed by atoms with Gasteiger partial charge in [-0.15, -0.1) is 0 Å². The number of rotatable bonds is 3. The van der Waals surface area contributed by atoms with Crippen molar-refractivity contribution in [1.29, 1.82) is 0 Å². The van der Waals surface area contributed by atoms with Gasteiger partial charge in [0.15, 0.2) is 17.6 Å². The number of aromatic amines is 1. The molecule has 32 heavy (non-hydrogen) atoms. The Hall–Kier alpha value is -2.50. The highest BCUT2D eigenvalue weighted by Gasteiger charge is 2.72. The lowest BCUT2D eigenvalue weighted by Crippen LogP contribution is -2.74. The Morgan fingerprint density at radius 2 is 2.06 bits per heavy atom. The maximum absolute atomic E-state index is 12.7. The Kier molecular flexibility index (Phi) is 3.62. The van der Waals surface area contributed by atoms with Crippen LogP contribution >= 0.6 is 0 Å². The first kappa shape index (κ1) is 19.0. The van der Waals surface area contributed by atoms with Crippen LogP contribution in [-0.4, -0.2) is 44.8 Å². The van der Waals surface area contributed by atoms with E-state index in [1.54, 1.807) is 6.07 Å². The van der Waals surface area contributed by atoms with Crippen LogP contribution in [0.2, 0.25) is 0 Å². The molecule has 2 bridgehead atoms. The van der Waals surface area contributed by atoms with Gasteiger partial charge in [-0.2, -0.15) is 0 Å². The molecular weight excluding hydrogens is 400 g/mol. The van der Waals surface area contributed by atoms with Crippen LogP contribution in [0.3, 0.4) is 0 Å². The molecule has 1 aromatic heterocycles. The van der Waals surface area contributed by atoms with E-state index in [9.17, 15) is 10.2 Å². The zero-order valence-electron chi connectivity index (χ0n) is 18.7. The van der Waals surface area contributed by atoms with Gasteiger partial charge in [-0.25, -0.2) is 0 Å². The summed E-state index contributed by atoms with van der Waals surface area (Å²) in [4.78, 5) is 6.18. The Morgan fingerprint density at radius 3 is 2.91 bits per heavy atom. The average Bonchev–Trinajstić information content (AvgIpc) is 3.30. The quantitative estimate of drug-likeness (QED) is 0.582. The van der Waals surface area contributed by atoms with Crippen molar-refractivity contribution in [1.82, 2.24) is 9.88 Å². The van der Waals surface area contributed by atoms with E-state index in [-0.39, 0.29) is 17.9 Å². The number of fused-ring (bicyclic) bond motifs is 4. The van der Waals surface area contributed by atoms with Gasteiger partial charge in [0.25, 0.3) is 0 Å². The zero-order valence-corrected chi connectivity index (χ0v) is 18.7. The minimum Gasteiger partial charge on any atom is -0.504 e. The van der Waals surface area contributed by atoms with Gasteiger partial charge >= 0.3 is 0 Å². The fourth-order valence-electron chi connectivity index (χ4n) is 7.42. The van der Waals surface area contributed by atoms with Gasteiger partial charge in [-0.05, 0) is 61.5 Å². The van der Waals surface area contributed by atoms with Crippen LogP contribution in [0.25, 0.3) is 10.9 Å². The Balaban J connectivity index is 1.49. The molecule has 1 fully saturated rings. The van der Waals surface area contributed by atoms with E-state index >= 15 is 0 Å². The minimum atomic E-state index is -0.934. The van der Waals surface area contributed by atoms with Crippen molar-refractivity contribution in [2.75, 3.05) is 13.1 Å². The lowest BCUT2D eigenvalue weighted by molar-refractivity contribution is -0.173. The van der Waals surface area contributed by atoms with Crippen molar-refractivity contribution in [3.05, 3.63) is 58.8 Å². The first-order valence-electron chi connectivity index (χ1n) is 12.0. The largest absolute Gasteiger partial charge is 0.504 e. The number of aromatic hydroxyl groups is 1. The topological polar surface area (TPSA) is 68.7 Å². The molecule has 0 radical (unpaired) electrons. The van der Waals surface area contributed by atoms with E-state index in [4.69, 9.17) is 4.74 Å². The number of likely N-dealkylation sites (tertiary alicyclic amines) is 1. The first-order chi connectivity index (χ1) is 15.4. The molecule has 0 unspecified atom stereocenters. The van der Waals surface area contributed by atoms with Crippen molar-refractivity contribution in [3.8, 4) is 11.5 Å². The van der Waals surface area contributed by atoms with Crippen LogP contribution in [0.4, 0.5) is 0 Å². The number of nitrogens with zero attached hydrogens (tertiary/aromatic N) is 1. The molecule has 4 atom stereocenters. The molecule has 1 saturated heterocycles. The predicted octanol–water partition coefficient (Wildman–Crippen LogP) is 4.21. The molecule has 166 valence electrons. The number of para-hydroxylation sites is 1. The van der Waals surface area contributed by atoms with Crippen molar-refractivity contribution >= 4 is 10.9 Å². The molecule has 5 nitrogen and oxygen atoms in total. The molecule has 2 aliphatic carbocycles. The van der Waals surface area contributed by atoms with E-state index in [1.807, 2.05) is 6.07 Å². The molecule has 1 spiro atoms. The van der Waals surface area contributed by atoms with Gasteiger partial charge in [-0.3, -0.25) is 4.90 Å². The van der Waals surface area contributed by atoms with Gasteiger partial charge in [0, 0.05) is 28.9 Å². The van der Waals surface area contributed by atoms with E-state index in [1.165, 1.54) is 16.5 Å². The van der Waals surface area contributed by atoms with Crippen LogP contribution in [0.1, 0.15) is 55.2 Å². The van der Waals surface area contributed by atoms with Gasteiger partial charge in [0.05, 0.1) is 16.7 Å². The molecule has 0 amide bonds. The molecule has 0 saturated carbocycles. The van der Waals surface area contributed by atoms with Crippen LogP contribution in [0.15, 0.2) is 36.4 Å². The monoisotopic (exact) mass is 430 g/mol. The summed E-state index contributed by atoms with van der Waals surface area (Å²) in [5.74, 6) is 1.41. The number of hydrogen-bond donors (Lipinski definition) is 3. The van der Waals surface area contributed by atoms with E-state index < -0.39 is 11.0 Å². The number of piperidine rings is 1. The second kappa shape index (κ2) is 6.09. The number of aliphatic hydroxyl groups is 1. The number of phenolic OH excluding ortho intramolecular Hbond substituents is 1. The molecule has 3 N–H and O–H groups in total. The molecular formula is C27H30N2O3. The first-order valence-corrected chi connectivity index (χ1v) is 12.0. The van der Waals surface area contributed by atoms with Gasteiger partial charge in [-0.1, -0.05) is 38.1 Å². The smallest absolute Gasteiger partial charge is 0.166 e. The van der Waals surface area contributed by atoms with Crippen LogP contribution in [0.5, 0.6) is 11.5 Å². The van der Waals surface area contributed by atoms with Crippen LogP contribution in [0, 0.1) is 5.92 Å². The highest BCUT2D eigenvalue weighted by Crippen LogP contribution is 2.68. The number of phenols is 1. The van der Waals surface area contributed by atoms with Crippen molar-refractivity contribution in [3.63, 3.8) is 0 Å². The van der Waals surface area contributed by atoms with E-state index in [0.29, 0.717) is 18.1 Å². The summed E-state index contributed by atoms with van der Waals surface area (Å²) in [6, 6.07) is 12.2. The Morgan fingerprint density at radius 1 is 1.22 bits per heavy atom. The van der Waals surface area contributed by atoms with E-state index in [2.05, 4.69) is 48.0 Å². The van der Waals surface area contributed by atoms with Crippen molar-refractivity contribution in [2.45, 2.75) is 62.7 Å². The number of ether oxygens (including phenoxy) is 1. The lowest BCUT2D eigenvalue weighted by Gasteiger charge is -2.62. The Bertz CT molecular complexity index is 1260. The molecule has 4 aliphatic rings. The third kappa shape index (κ3) is 2.07. The fraction of sp³-hybridized carbons (Fsp3) is 0.481. The van der Waals surface area contributed by atoms with Gasteiger partial charge in [0.1, 0.15) is 0 Å². The van der Waals surface area contributed by atoms with Crippen LogP contribution < -0.4 is 4.74 Å². The van der Waals surface area contributed by atoms with Crippen molar-refractivity contribution < 1.29 is 14.9 Å². The van der Waals surface area contributed by atoms with E-state index in [0.717, 1.165) is 49.1 Å². The molecule has 2 aliphatic heterocycles. The second-order valence-electron chi connectivity index (χ2n) is 10.8. The third-order valence-corrected chi connectivity index (χ3v) is 8.87. The lowest BCUT2D eigenvalue weighted by atomic mass is 9.49. The fourth-order valence-corrected chi connectivity index (χ4v) is 7.42. The number of hydrogen-bond acceptors (Lipinski definition) is 4. The minimum absolute atomic E-state index is 0.0471. The number of aromatic nitrogens is 1. The number of H-pyrrole nitrogens is 1. The number of nitrogens with one attached hydrogen (secondary N) is 1. The summed E-state index contributed by atoms with van der Waals surface area (Å²) in [5.41, 5.74) is 4.17. The Labute approximate surface area is 188 Å². The average molecular weight is 431 g/mol. The molecule has 3 aromatic rings. The maximum atomic E-state index is 12.7. The van der Waals surface area contributed by atoms with Crippen LogP contribution in [-0.2, 0) is 18.3 Å². The standard InChI is InChI=1S/C27H30N2O3/c1-15(2)9-11-29-12-10-26-22-16-7-8-20(30)24(22)32-25(26)23-18(14-27(26,31)21(29)13-16)17-5-3-4-6-19(17)28-23/h3-8,15,21,25,28,30-31H,9-14H2,1-2H3/t21-,25-,26-,27+/m0/s1. The summed E-state index contributed by atoms with van der Waals surface area (Å²) in [6.07, 6.45) is 3.07. The van der Waals surface area contributed by atoms with Gasteiger partial charge < -0.3 is 19.9 Å². The summed E-state index contributed by atoms with van der Waals surface area (Å²) in [7, 11) is 0. The molecule has 5 heteroatoms. The summed E-state index contributed by atoms with van der Waals surface area (Å²) >= 11 is 0. The van der Waals surface area contributed by atoms with Crippen molar-refractivity contribution in [2.24, 2.45) is 5.92 Å². The molecule has 2 aromatic carbocycles. The molecule has 7 rings (SSSR count). The summed E-state index contributed by atoms with van der Waals surface area (Å²) in [5, 5.41) is 24.7. The van der Waals surface area contributed by atoms with Gasteiger partial charge in [0.2, 0.25) is 0 Å². The SMILES string of the molecule is CC(C)CCN1CC[C@]23c4c5ccc(O)c4O[C@H]2c2[nH]c4ccccc4c2C[C@@]3(O)[C@@H]1C5. The maximum Gasteiger partial charge on any atom is 0.166 e. The zero-order chi connectivity index (χ0) is 21.8. The predicted molar refractivity (Wildman–Crippen MR) is 123 cm³/mol. The third-order valence-electron chi connectivity index (χ3n) is 8.87. The summed E-state index contributed by atoms with van der Waals surface area (Å²) in [6.45, 7) is 6.49. The highest BCUT2D eigenvalue weighted by atomic mass is 16.5. The normalized spacial score (nSPS) is 32.1. The molecule has 3 heterocycles. The number of benzene rings is 2. The summed E-state index contributed by atoms with van der Waals surface area (Å²) < 4.78 is 6.60.